The molecule has 0 unspecified atom stereocenters. The summed E-state index contributed by atoms with van der Waals surface area (Å²) in [5.74, 6) is 0. The van der Waals surface area contributed by atoms with Gasteiger partial charge < -0.3 is 0 Å². The van der Waals surface area contributed by atoms with Gasteiger partial charge >= 0.3 is 0 Å². The van der Waals surface area contributed by atoms with E-state index in [4.69, 9.17) is 0 Å². The predicted molar refractivity (Wildman–Crippen MR) is 81.5 cm³/mol. The third kappa shape index (κ3) is 2.34. The lowest BCUT2D eigenvalue weighted by molar-refractivity contribution is 1.10. The smallest absolute Gasteiger partial charge is 0.0927 e. The number of hydrogen-bond acceptors (Lipinski definition) is 2. The fourth-order valence-electron chi connectivity index (χ4n) is 2.22. The highest BCUT2D eigenvalue weighted by molar-refractivity contribution is 7.15. The van der Waals surface area contributed by atoms with E-state index in [0.717, 1.165) is 17.0 Å². The minimum Gasteiger partial charge on any atom is -0.276 e. The molecule has 0 fully saturated rings. The summed E-state index contributed by atoms with van der Waals surface area (Å²) in [5.41, 5.74) is 5.83. The highest BCUT2D eigenvalue weighted by atomic mass is 32.1. The lowest BCUT2D eigenvalue weighted by atomic mass is 10.1. The Balaban J connectivity index is 1.99. The Hall–Kier alpha value is -1.87. The first-order valence-electron chi connectivity index (χ1n) is 6.33. The van der Waals surface area contributed by atoms with Gasteiger partial charge in [0.05, 0.1) is 16.3 Å². The molecule has 0 amide bonds. The Morgan fingerprint density at radius 3 is 2.37 bits per heavy atom. The molecular weight excluding hydrogens is 252 g/mol. The minimum atomic E-state index is 1.00. The van der Waals surface area contributed by atoms with Crippen LogP contribution in [0.3, 0.4) is 0 Å². The van der Waals surface area contributed by atoms with Crippen LogP contribution in [0.15, 0.2) is 36.4 Å². The molecule has 0 aliphatic carbocycles. The van der Waals surface area contributed by atoms with Crippen molar-refractivity contribution in [2.24, 2.45) is 0 Å². The molecule has 96 valence electrons. The van der Waals surface area contributed by atoms with Gasteiger partial charge in [0, 0.05) is 10.4 Å². The molecule has 0 atom stereocenters. The van der Waals surface area contributed by atoms with Crippen molar-refractivity contribution in [2.45, 2.75) is 20.8 Å². The first kappa shape index (κ1) is 12.2. The van der Waals surface area contributed by atoms with E-state index < -0.39 is 0 Å². The zero-order chi connectivity index (χ0) is 13.4. The molecular formula is C16H16N2S. The number of rotatable bonds is 2. The molecule has 3 aromatic rings. The third-order valence-electron chi connectivity index (χ3n) is 3.21. The lowest BCUT2D eigenvalue weighted by Gasteiger charge is -1.96. The van der Waals surface area contributed by atoms with Crippen LogP contribution in [0.1, 0.15) is 16.0 Å². The summed E-state index contributed by atoms with van der Waals surface area (Å²) in [4.78, 5) is 2.61. The van der Waals surface area contributed by atoms with Gasteiger partial charge in [-0.1, -0.05) is 29.8 Å². The Bertz CT molecular complexity index is 705. The van der Waals surface area contributed by atoms with Gasteiger partial charge in [0.1, 0.15) is 0 Å². The van der Waals surface area contributed by atoms with Crippen LogP contribution in [0.25, 0.3) is 21.8 Å². The first-order chi connectivity index (χ1) is 9.13. The molecule has 19 heavy (non-hydrogen) atoms. The monoisotopic (exact) mass is 268 g/mol. The highest BCUT2D eigenvalue weighted by Gasteiger charge is 2.10. The number of aromatic nitrogens is 2. The van der Waals surface area contributed by atoms with Gasteiger partial charge in [-0.05, 0) is 38.5 Å². The van der Waals surface area contributed by atoms with Gasteiger partial charge in [0.2, 0.25) is 0 Å². The third-order valence-corrected chi connectivity index (χ3v) is 4.40. The van der Waals surface area contributed by atoms with E-state index in [0.29, 0.717) is 0 Å². The number of aromatic amines is 1. The van der Waals surface area contributed by atoms with Gasteiger partial charge in [0.25, 0.3) is 0 Å². The van der Waals surface area contributed by atoms with Crippen molar-refractivity contribution in [1.29, 1.82) is 0 Å². The van der Waals surface area contributed by atoms with E-state index in [-0.39, 0.29) is 0 Å². The van der Waals surface area contributed by atoms with Gasteiger partial charge in [0.15, 0.2) is 0 Å². The fraction of sp³-hybridized carbons (Fsp3) is 0.188. The maximum absolute atomic E-state index is 4.42. The first-order valence-corrected chi connectivity index (χ1v) is 7.15. The van der Waals surface area contributed by atoms with Gasteiger partial charge in [-0.3, -0.25) is 5.10 Å². The summed E-state index contributed by atoms with van der Waals surface area (Å²) in [6.07, 6.45) is 0. The van der Waals surface area contributed by atoms with E-state index >= 15 is 0 Å². The van der Waals surface area contributed by atoms with Crippen molar-refractivity contribution in [2.75, 3.05) is 0 Å². The maximum Gasteiger partial charge on any atom is 0.0927 e. The van der Waals surface area contributed by atoms with Crippen LogP contribution in [0, 0.1) is 20.8 Å². The van der Waals surface area contributed by atoms with Crippen LogP contribution in [-0.2, 0) is 0 Å². The fourth-order valence-corrected chi connectivity index (χ4v) is 3.21. The molecule has 0 radical (unpaired) electrons. The zero-order valence-electron chi connectivity index (χ0n) is 11.3. The highest BCUT2D eigenvalue weighted by Crippen LogP contribution is 2.32. The van der Waals surface area contributed by atoms with Crippen molar-refractivity contribution >= 4 is 11.3 Å². The van der Waals surface area contributed by atoms with Crippen molar-refractivity contribution in [3.05, 3.63) is 52.4 Å². The molecule has 0 saturated carbocycles. The summed E-state index contributed by atoms with van der Waals surface area (Å²) in [5, 5.41) is 7.57. The van der Waals surface area contributed by atoms with Crippen molar-refractivity contribution in [3.8, 4) is 21.8 Å². The second kappa shape index (κ2) is 4.67. The van der Waals surface area contributed by atoms with E-state index in [1.54, 1.807) is 0 Å². The predicted octanol–water partition coefficient (Wildman–Crippen LogP) is 4.73. The molecule has 0 spiro atoms. The summed E-state index contributed by atoms with van der Waals surface area (Å²) >= 11 is 1.81. The summed E-state index contributed by atoms with van der Waals surface area (Å²) in [6.45, 7) is 6.38. The van der Waals surface area contributed by atoms with Crippen LogP contribution in [0.2, 0.25) is 0 Å². The second-order valence-corrected chi connectivity index (χ2v) is 6.16. The molecule has 0 aliphatic rings. The molecule has 1 N–H and O–H groups in total. The Labute approximate surface area is 117 Å². The number of H-pyrrole nitrogens is 1. The Kier molecular flexibility index (Phi) is 2.99. The number of benzene rings is 1. The molecule has 3 rings (SSSR count). The average Bonchev–Trinajstić information content (AvgIpc) is 2.97. The van der Waals surface area contributed by atoms with Crippen molar-refractivity contribution < 1.29 is 0 Å². The molecule has 2 heterocycles. The molecule has 2 aromatic heterocycles. The van der Waals surface area contributed by atoms with Crippen molar-refractivity contribution in [3.63, 3.8) is 0 Å². The standard InChI is InChI=1S/C16H16N2S/c1-10-4-6-13(7-5-10)14-9-15(18-17-14)16-11(2)8-12(3)19-16/h4-9H,1-3H3,(H,17,18). The molecule has 3 heteroatoms. The number of thiophene rings is 1. The van der Waals surface area contributed by atoms with E-state index in [9.17, 15) is 0 Å². The van der Waals surface area contributed by atoms with E-state index in [1.165, 1.54) is 20.9 Å². The molecule has 2 nitrogen and oxygen atoms in total. The molecule has 1 aromatic carbocycles. The number of aryl methyl sites for hydroxylation is 3. The molecule has 0 aliphatic heterocycles. The Morgan fingerprint density at radius 2 is 1.74 bits per heavy atom. The summed E-state index contributed by atoms with van der Waals surface area (Å²) < 4.78 is 0. The number of nitrogens with one attached hydrogen (secondary N) is 1. The van der Waals surface area contributed by atoms with Gasteiger partial charge in [-0.15, -0.1) is 11.3 Å². The van der Waals surface area contributed by atoms with Crippen LogP contribution in [0.5, 0.6) is 0 Å². The van der Waals surface area contributed by atoms with Crippen LogP contribution >= 0.6 is 11.3 Å². The van der Waals surface area contributed by atoms with Crippen LogP contribution < -0.4 is 0 Å². The van der Waals surface area contributed by atoms with E-state index in [1.807, 2.05) is 11.3 Å². The van der Waals surface area contributed by atoms with E-state index in [2.05, 4.69) is 67.4 Å². The normalized spacial score (nSPS) is 10.9. The zero-order valence-corrected chi connectivity index (χ0v) is 12.1. The molecule has 0 bridgehead atoms. The Morgan fingerprint density at radius 1 is 1.00 bits per heavy atom. The minimum absolute atomic E-state index is 1.00. The number of hydrogen-bond donors (Lipinski definition) is 1. The van der Waals surface area contributed by atoms with Crippen LogP contribution in [0.4, 0.5) is 0 Å². The van der Waals surface area contributed by atoms with Crippen molar-refractivity contribution in [1.82, 2.24) is 10.2 Å². The van der Waals surface area contributed by atoms with Gasteiger partial charge in [-0.25, -0.2) is 0 Å². The SMILES string of the molecule is Cc1ccc(-c2cc(-c3sc(C)cc3C)[nH]n2)cc1. The topological polar surface area (TPSA) is 28.7 Å². The average molecular weight is 268 g/mol. The maximum atomic E-state index is 4.42. The molecule has 0 saturated heterocycles. The lowest BCUT2D eigenvalue weighted by Crippen LogP contribution is -1.78. The van der Waals surface area contributed by atoms with Gasteiger partial charge in [-0.2, -0.15) is 5.10 Å². The van der Waals surface area contributed by atoms with Crippen LogP contribution in [-0.4, -0.2) is 10.2 Å². The second-order valence-electron chi connectivity index (χ2n) is 4.90. The summed E-state index contributed by atoms with van der Waals surface area (Å²) in [7, 11) is 0. The number of nitrogens with zero attached hydrogens (tertiary/aromatic N) is 1. The summed E-state index contributed by atoms with van der Waals surface area (Å²) in [6, 6.07) is 12.8. The quantitative estimate of drug-likeness (QED) is 0.715. The largest absolute Gasteiger partial charge is 0.276 e.